The van der Waals surface area contributed by atoms with Crippen LogP contribution < -0.4 is 5.32 Å². The molecule has 0 aliphatic heterocycles. The SMILES string of the molecule is COC(=O)C(=O)NCc1ccc(C)s1. The van der Waals surface area contributed by atoms with Gasteiger partial charge < -0.3 is 10.1 Å². The second-order valence-electron chi connectivity index (χ2n) is 2.69. The molecule has 1 amide bonds. The first-order valence-corrected chi connectivity index (χ1v) is 4.86. The van der Waals surface area contributed by atoms with Crippen molar-refractivity contribution in [2.75, 3.05) is 7.11 Å². The van der Waals surface area contributed by atoms with Crippen LogP contribution in [0.15, 0.2) is 12.1 Å². The summed E-state index contributed by atoms with van der Waals surface area (Å²) in [7, 11) is 1.18. The third-order valence-corrected chi connectivity index (χ3v) is 2.59. The Morgan fingerprint density at radius 2 is 2.21 bits per heavy atom. The minimum Gasteiger partial charge on any atom is -0.462 e. The summed E-state index contributed by atoms with van der Waals surface area (Å²) in [4.78, 5) is 23.9. The third kappa shape index (κ3) is 2.85. The number of thiophene rings is 1. The maximum atomic E-state index is 11.0. The van der Waals surface area contributed by atoms with Gasteiger partial charge in [0.1, 0.15) is 0 Å². The zero-order chi connectivity index (χ0) is 10.6. The summed E-state index contributed by atoms with van der Waals surface area (Å²) >= 11 is 1.58. The number of carbonyl (C=O) groups excluding carboxylic acids is 2. The Bertz CT molecular complexity index is 346. The van der Waals surface area contributed by atoms with E-state index in [1.54, 1.807) is 11.3 Å². The summed E-state index contributed by atoms with van der Waals surface area (Å²) in [6, 6.07) is 3.88. The quantitative estimate of drug-likeness (QED) is 0.585. The van der Waals surface area contributed by atoms with E-state index in [2.05, 4.69) is 10.1 Å². The number of carbonyl (C=O) groups is 2. The standard InChI is InChI=1S/C9H11NO3S/c1-6-3-4-7(14-6)5-10-8(11)9(12)13-2/h3-4H,5H2,1-2H3,(H,10,11). The van der Waals surface area contributed by atoms with Gasteiger partial charge in [-0.3, -0.25) is 4.79 Å². The highest BCUT2D eigenvalue weighted by Crippen LogP contribution is 2.14. The van der Waals surface area contributed by atoms with Gasteiger partial charge in [0.25, 0.3) is 0 Å². The smallest absolute Gasteiger partial charge is 0.396 e. The molecule has 5 heteroatoms. The molecule has 0 saturated heterocycles. The highest BCUT2D eigenvalue weighted by Gasteiger charge is 2.12. The zero-order valence-corrected chi connectivity index (χ0v) is 8.81. The van der Waals surface area contributed by atoms with E-state index in [9.17, 15) is 9.59 Å². The second-order valence-corrected chi connectivity index (χ2v) is 4.06. The van der Waals surface area contributed by atoms with E-state index in [0.717, 1.165) is 4.88 Å². The van der Waals surface area contributed by atoms with E-state index in [1.165, 1.54) is 12.0 Å². The second kappa shape index (κ2) is 4.76. The summed E-state index contributed by atoms with van der Waals surface area (Å²) in [6.45, 7) is 2.35. The summed E-state index contributed by atoms with van der Waals surface area (Å²) in [5.74, 6) is -1.57. The molecule has 0 bridgehead atoms. The van der Waals surface area contributed by atoms with Crippen LogP contribution in [0.3, 0.4) is 0 Å². The first kappa shape index (κ1) is 10.7. The largest absolute Gasteiger partial charge is 0.462 e. The van der Waals surface area contributed by atoms with E-state index in [-0.39, 0.29) is 0 Å². The van der Waals surface area contributed by atoms with Crippen LogP contribution in [-0.2, 0) is 20.9 Å². The van der Waals surface area contributed by atoms with Crippen molar-refractivity contribution < 1.29 is 14.3 Å². The van der Waals surface area contributed by atoms with Crippen molar-refractivity contribution in [1.82, 2.24) is 5.32 Å². The molecule has 0 unspecified atom stereocenters. The summed E-state index contributed by atoms with van der Waals surface area (Å²) < 4.78 is 4.26. The molecule has 0 aliphatic rings. The molecule has 76 valence electrons. The Balaban J connectivity index is 2.41. The van der Waals surface area contributed by atoms with Crippen LogP contribution in [0.25, 0.3) is 0 Å². The maximum absolute atomic E-state index is 11.0. The van der Waals surface area contributed by atoms with Crippen LogP contribution in [-0.4, -0.2) is 19.0 Å². The van der Waals surface area contributed by atoms with Crippen LogP contribution in [0.2, 0.25) is 0 Å². The number of hydrogen-bond acceptors (Lipinski definition) is 4. The maximum Gasteiger partial charge on any atom is 0.396 e. The fourth-order valence-electron chi connectivity index (χ4n) is 0.912. The molecule has 4 nitrogen and oxygen atoms in total. The lowest BCUT2D eigenvalue weighted by Crippen LogP contribution is -2.31. The molecular weight excluding hydrogens is 202 g/mol. The van der Waals surface area contributed by atoms with Gasteiger partial charge in [0.05, 0.1) is 13.7 Å². The van der Waals surface area contributed by atoms with Crippen LogP contribution >= 0.6 is 11.3 Å². The lowest BCUT2D eigenvalue weighted by atomic mass is 10.4. The Labute approximate surface area is 85.9 Å². The van der Waals surface area contributed by atoms with E-state index in [1.807, 2.05) is 19.1 Å². The Morgan fingerprint density at radius 3 is 2.71 bits per heavy atom. The summed E-state index contributed by atoms with van der Waals surface area (Å²) in [6.07, 6.45) is 0. The number of aryl methyl sites for hydroxylation is 1. The molecule has 0 saturated carbocycles. The molecule has 1 rings (SSSR count). The van der Waals surface area contributed by atoms with Gasteiger partial charge in [0.2, 0.25) is 0 Å². The number of rotatable bonds is 2. The molecule has 1 aromatic rings. The van der Waals surface area contributed by atoms with Crippen LogP contribution in [0.4, 0.5) is 0 Å². The number of amides is 1. The van der Waals surface area contributed by atoms with Gasteiger partial charge in [-0.2, -0.15) is 0 Å². The lowest BCUT2D eigenvalue weighted by Gasteiger charge is -2.00. The van der Waals surface area contributed by atoms with Gasteiger partial charge in [-0.15, -0.1) is 11.3 Å². The monoisotopic (exact) mass is 213 g/mol. The first-order valence-electron chi connectivity index (χ1n) is 4.05. The molecule has 0 radical (unpaired) electrons. The molecule has 14 heavy (non-hydrogen) atoms. The fraction of sp³-hybridized carbons (Fsp3) is 0.333. The predicted octanol–water partition coefficient (Wildman–Crippen LogP) is 0.846. The van der Waals surface area contributed by atoms with Crippen molar-refractivity contribution in [1.29, 1.82) is 0 Å². The average Bonchev–Trinajstić information content (AvgIpc) is 2.59. The minimum absolute atomic E-state index is 0.367. The molecular formula is C9H11NO3S. The van der Waals surface area contributed by atoms with E-state index < -0.39 is 11.9 Å². The molecule has 1 N–H and O–H groups in total. The van der Waals surface area contributed by atoms with E-state index in [0.29, 0.717) is 6.54 Å². The normalized spacial score (nSPS) is 9.57. The Kier molecular flexibility index (Phi) is 3.64. The van der Waals surface area contributed by atoms with Gasteiger partial charge in [0, 0.05) is 9.75 Å². The van der Waals surface area contributed by atoms with E-state index >= 15 is 0 Å². The number of nitrogens with one attached hydrogen (secondary N) is 1. The van der Waals surface area contributed by atoms with Crippen molar-refractivity contribution >= 4 is 23.2 Å². The van der Waals surface area contributed by atoms with Crippen LogP contribution in [0.5, 0.6) is 0 Å². The highest BCUT2D eigenvalue weighted by molar-refractivity contribution is 7.11. The number of ether oxygens (including phenoxy) is 1. The number of hydrogen-bond donors (Lipinski definition) is 1. The highest BCUT2D eigenvalue weighted by atomic mass is 32.1. The van der Waals surface area contributed by atoms with Gasteiger partial charge in [-0.05, 0) is 19.1 Å². The number of methoxy groups -OCH3 is 1. The zero-order valence-electron chi connectivity index (χ0n) is 7.99. The van der Waals surface area contributed by atoms with Gasteiger partial charge >= 0.3 is 11.9 Å². The van der Waals surface area contributed by atoms with Crippen molar-refractivity contribution in [2.45, 2.75) is 13.5 Å². The molecule has 0 aliphatic carbocycles. The molecule has 0 atom stereocenters. The summed E-state index contributed by atoms with van der Waals surface area (Å²) in [5.41, 5.74) is 0. The van der Waals surface area contributed by atoms with Crippen LogP contribution in [0.1, 0.15) is 9.75 Å². The Morgan fingerprint density at radius 1 is 1.50 bits per heavy atom. The average molecular weight is 213 g/mol. The predicted molar refractivity (Wildman–Crippen MR) is 52.9 cm³/mol. The molecule has 1 aromatic heterocycles. The third-order valence-electron chi connectivity index (χ3n) is 1.59. The van der Waals surface area contributed by atoms with Crippen molar-refractivity contribution in [2.24, 2.45) is 0 Å². The van der Waals surface area contributed by atoms with Gasteiger partial charge in [-0.25, -0.2) is 4.79 Å². The number of esters is 1. The summed E-state index contributed by atoms with van der Waals surface area (Å²) in [5, 5.41) is 2.46. The molecule has 1 heterocycles. The molecule has 0 fully saturated rings. The molecule has 0 spiro atoms. The van der Waals surface area contributed by atoms with E-state index in [4.69, 9.17) is 0 Å². The van der Waals surface area contributed by atoms with Gasteiger partial charge in [-0.1, -0.05) is 0 Å². The van der Waals surface area contributed by atoms with Gasteiger partial charge in [0.15, 0.2) is 0 Å². The lowest BCUT2D eigenvalue weighted by molar-refractivity contribution is -0.152. The minimum atomic E-state index is -0.863. The van der Waals surface area contributed by atoms with Crippen LogP contribution in [0, 0.1) is 6.92 Å². The Hall–Kier alpha value is -1.36. The van der Waals surface area contributed by atoms with Crippen molar-refractivity contribution in [3.8, 4) is 0 Å². The molecule has 0 aromatic carbocycles. The van der Waals surface area contributed by atoms with Crippen molar-refractivity contribution in [3.63, 3.8) is 0 Å². The first-order chi connectivity index (χ1) is 6.63. The topological polar surface area (TPSA) is 55.4 Å². The van der Waals surface area contributed by atoms with Crippen molar-refractivity contribution in [3.05, 3.63) is 21.9 Å². The fourth-order valence-corrected chi connectivity index (χ4v) is 1.74.